The first-order valence-corrected chi connectivity index (χ1v) is 10.4. The molecule has 0 atom stereocenters. The predicted octanol–water partition coefficient (Wildman–Crippen LogP) is 4.51. The Hall–Kier alpha value is -0.720. The fraction of sp³-hybridized carbons (Fsp3) is 0.250. The lowest BCUT2D eigenvalue weighted by Crippen LogP contribution is -2.27. The number of aryl methyl sites for hydroxylation is 1. The third-order valence-corrected chi connectivity index (χ3v) is 6.14. The van der Waals surface area contributed by atoms with Gasteiger partial charge in [0.15, 0.2) is 0 Å². The molecule has 0 amide bonds. The van der Waals surface area contributed by atoms with E-state index in [1.54, 1.807) is 30.0 Å². The van der Waals surface area contributed by atoms with Crippen molar-refractivity contribution in [3.63, 3.8) is 0 Å². The van der Waals surface area contributed by atoms with Crippen LogP contribution < -0.4 is 4.72 Å². The van der Waals surface area contributed by atoms with Gasteiger partial charge in [0.2, 0.25) is 10.0 Å². The summed E-state index contributed by atoms with van der Waals surface area (Å²) in [6.07, 6.45) is 0. The van der Waals surface area contributed by atoms with E-state index in [9.17, 15) is 8.42 Å². The van der Waals surface area contributed by atoms with Crippen LogP contribution in [0.2, 0.25) is 10.0 Å². The Bertz CT molecular complexity index is 742. The first kappa shape index (κ1) is 18.6. The number of benzene rings is 2. The number of hydrogen-bond acceptors (Lipinski definition) is 3. The Morgan fingerprint density at radius 3 is 2.26 bits per heavy atom. The molecular formula is C16H17Cl2NO2S2. The maximum absolute atomic E-state index is 12.1. The molecule has 2 rings (SSSR count). The Balaban J connectivity index is 1.86. The molecule has 3 nitrogen and oxygen atoms in total. The predicted molar refractivity (Wildman–Crippen MR) is 99.0 cm³/mol. The van der Waals surface area contributed by atoms with Crippen molar-refractivity contribution in [1.82, 2.24) is 4.72 Å². The Kier molecular flexibility index (Phi) is 6.80. The minimum atomic E-state index is -3.47. The lowest BCUT2D eigenvalue weighted by atomic mass is 10.2. The van der Waals surface area contributed by atoms with Crippen molar-refractivity contribution in [3.8, 4) is 0 Å². The van der Waals surface area contributed by atoms with Gasteiger partial charge in [0.05, 0.1) is 5.75 Å². The summed E-state index contributed by atoms with van der Waals surface area (Å²) in [4.78, 5) is 1.11. The first-order chi connectivity index (χ1) is 10.9. The molecule has 7 heteroatoms. The lowest BCUT2D eigenvalue weighted by molar-refractivity contribution is 0.583. The van der Waals surface area contributed by atoms with Gasteiger partial charge in [0.1, 0.15) is 0 Å². The van der Waals surface area contributed by atoms with Crippen molar-refractivity contribution in [2.75, 3.05) is 12.3 Å². The molecule has 0 saturated heterocycles. The molecule has 0 bridgehead atoms. The molecule has 0 fully saturated rings. The summed E-state index contributed by atoms with van der Waals surface area (Å²) in [6, 6.07) is 13.1. The van der Waals surface area contributed by atoms with Gasteiger partial charge in [-0.1, -0.05) is 47.0 Å². The molecule has 0 saturated carbocycles. The van der Waals surface area contributed by atoms with Gasteiger partial charge in [-0.25, -0.2) is 13.1 Å². The van der Waals surface area contributed by atoms with Crippen LogP contribution in [0.1, 0.15) is 11.1 Å². The van der Waals surface area contributed by atoms with Crippen molar-refractivity contribution >= 4 is 45.0 Å². The quantitative estimate of drug-likeness (QED) is 0.559. The van der Waals surface area contributed by atoms with E-state index in [-0.39, 0.29) is 5.75 Å². The fourth-order valence-corrected chi connectivity index (χ4v) is 4.71. The van der Waals surface area contributed by atoms with E-state index >= 15 is 0 Å². The van der Waals surface area contributed by atoms with Gasteiger partial charge in [0.25, 0.3) is 0 Å². The summed E-state index contributed by atoms with van der Waals surface area (Å²) in [5.41, 5.74) is 1.63. The second kappa shape index (κ2) is 8.40. The van der Waals surface area contributed by atoms with Gasteiger partial charge in [-0.05, 0) is 31.2 Å². The maximum atomic E-state index is 12.1. The van der Waals surface area contributed by atoms with E-state index in [0.29, 0.717) is 27.9 Å². The van der Waals surface area contributed by atoms with Crippen LogP contribution in [0.4, 0.5) is 0 Å². The molecule has 124 valence electrons. The first-order valence-electron chi connectivity index (χ1n) is 6.97. The van der Waals surface area contributed by atoms with E-state index in [4.69, 9.17) is 23.2 Å². The highest BCUT2D eigenvalue weighted by molar-refractivity contribution is 7.99. The minimum absolute atomic E-state index is 0.222. The van der Waals surface area contributed by atoms with Crippen LogP contribution in [0.5, 0.6) is 0 Å². The van der Waals surface area contributed by atoms with E-state index < -0.39 is 10.0 Å². The molecule has 0 radical (unpaired) electrons. The zero-order valence-electron chi connectivity index (χ0n) is 12.6. The minimum Gasteiger partial charge on any atom is -0.214 e. The fourth-order valence-electron chi connectivity index (χ4n) is 1.91. The van der Waals surface area contributed by atoms with E-state index in [2.05, 4.69) is 4.72 Å². The largest absolute Gasteiger partial charge is 0.215 e. The summed E-state index contributed by atoms with van der Waals surface area (Å²) in [5, 5.41) is 0.716. The van der Waals surface area contributed by atoms with Crippen molar-refractivity contribution in [2.24, 2.45) is 0 Å². The average molecular weight is 390 g/mol. The molecule has 0 unspecified atom stereocenters. The zero-order valence-corrected chi connectivity index (χ0v) is 15.7. The van der Waals surface area contributed by atoms with Crippen LogP contribution in [0.15, 0.2) is 47.4 Å². The Labute approximate surface area is 151 Å². The zero-order chi connectivity index (χ0) is 16.9. The van der Waals surface area contributed by atoms with Crippen molar-refractivity contribution in [2.45, 2.75) is 17.6 Å². The highest BCUT2D eigenvalue weighted by Gasteiger charge is 2.16. The molecule has 0 aliphatic heterocycles. The van der Waals surface area contributed by atoms with E-state index in [0.717, 1.165) is 4.90 Å². The normalized spacial score (nSPS) is 11.6. The van der Waals surface area contributed by atoms with E-state index in [1.807, 2.05) is 31.2 Å². The average Bonchev–Trinajstić information content (AvgIpc) is 2.49. The highest BCUT2D eigenvalue weighted by Crippen LogP contribution is 2.26. The van der Waals surface area contributed by atoms with Gasteiger partial charge >= 0.3 is 0 Å². The molecule has 0 spiro atoms. The number of nitrogens with one attached hydrogen (secondary N) is 1. The summed E-state index contributed by atoms with van der Waals surface area (Å²) in [7, 11) is -3.47. The van der Waals surface area contributed by atoms with Crippen LogP contribution in [-0.2, 0) is 15.8 Å². The molecule has 0 aliphatic carbocycles. The summed E-state index contributed by atoms with van der Waals surface area (Å²) in [6.45, 7) is 2.38. The van der Waals surface area contributed by atoms with Gasteiger partial charge in [-0.15, -0.1) is 11.8 Å². The van der Waals surface area contributed by atoms with Crippen molar-refractivity contribution in [3.05, 3.63) is 63.6 Å². The topological polar surface area (TPSA) is 46.2 Å². The number of thioether (sulfide) groups is 1. The van der Waals surface area contributed by atoms with Gasteiger partial charge in [0, 0.05) is 32.8 Å². The Morgan fingerprint density at radius 2 is 1.65 bits per heavy atom. The molecule has 0 aromatic heterocycles. The number of hydrogen-bond donors (Lipinski definition) is 1. The molecule has 2 aromatic rings. The second-order valence-electron chi connectivity index (χ2n) is 5.02. The standard InChI is InChI=1S/C16H17Cl2NO2S2/c1-12-5-7-13(8-6-12)22-10-9-19-23(20,21)11-14-15(17)3-2-4-16(14)18/h2-8,19H,9-11H2,1H3. The number of rotatable bonds is 7. The molecule has 2 aromatic carbocycles. The lowest BCUT2D eigenvalue weighted by Gasteiger charge is -2.09. The van der Waals surface area contributed by atoms with Gasteiger partial charge in [-0.3, -0.25) is 0 Å². The summed E-state index contributed by atoms with van der Waals surface area (Å²) in [5.74, 6) is 0.430. The Morgan fingerprint density at radius 1 is 1.04 bits per heavy atom. The maximum Gasteiger partial charge on any atom is 0.215 e. The van der Waals surface area contributed by atoms with Crippen LogP contribution >= 0.6 is 35.0 Å². The summed E-state index contributed by atoms with van der Waals surface area (Å²) < 4.78 is 26.8. The molecular weight excluding hydrogens is 373 g/mol. The van der Waals surface area contributed by atoms with Crippen molar-refractivity contribution in [1.29, 1.82) is 0 Å². The van der Waals surface area contributed by atoms with Crippen LogP contribution in [0, 0.1) is 6.92 Å². The smallest absolute Gasteiger partial charge is 0.214 e. The van der Waals surface area contributed by atoms with Crippen LogP contribution in [-0.4, -0.2) is 20.7 Å². The SMILES string of the molecule is Cc1ccc(SCCNS(=O)(=O)Cc2c(Cl)cccc2Cl)cc1. The molecule has 23 heavy (non-hydrogen) atoms. The number of halogens is 2. The molecule has 0 heterocycles. The summed E-state index contributed by atoms with van der Waals surface area (Å²) >= 11 is 13.6. The molecule has 1 N–H and O–H groups in total. The third kappa shape index (κ3) is 6.01. The highest BCUT2D eigenvalue weighted by atomic mass is 35.5. The van der Waals surface area contributed by atoms with Gasteiger partial charge in [-0.2, -0.15) is 0 Å². The third-order valence-electron chi connectivity index (χ3n) is 3.11. The van der Waals surface area contributed by atoms with Crippen LogP contribution in [0.3, 0.4) is 0 Å². The second-order valence-corrected chi connectivity index (χ2v) is 8.80. The number of sulfonamides is 1. The molecule has 0 aliphatic rings. The monoisotopic (exact) mass is 389 g/mol. The van der Waals surface area contributed by atoms with Crippen LogP contribution in [0.25, 0.3) is 0 Å². The van der Waals surface area contributed by atoms with E-state index in [1.165, 1.54) is 5.56 Å². The van der Waals surface area contributed by atoms with Gasteiger partial charge < -0.3 is 0 Å². The van der Waals surface area contributed by atoms with Crippen molar-refractivity contribution < 1.29 is 8.42 Å².